The fraction of sp³-hybridized carbons (Fsp3) is 0.800. The van der Waals surface area contributed by atoms with Crippen LogP contribution in [0.4, 0.5) is 4.79 Å². The zero-order valence-corrected chi connectivity index (χ0v) is 9.36. The van der Waals surface area contributed by atoms with E-state index in [4.69, 9.17) is 9.84 Å². The van der Waals surface area contributed by atoms with Crippen molar-refractivity contribution < 1.29 is 19.4 Å². The van der Waals surface area contributed by atoms with E-state index in [9.17, 15) is 9.59 Å². The third kappa shape index (κ3) is 6.76. The number of hydrogen-bond donors (Lipinski definition) is 1. The van der Waals surface area contributed by atoms with Crippen LogP contribution in [-0.2, 0) is 9.53 Å². The monoisotopic (exact) mass is 217 g/mol. The summed E-state index contributed by atoms with van der Waals surface area (Å²) in [5.74, 6) is -1.02. The molecule has 0 spiro atoms. The van der Waals surface area contributed by atoms with E-state index in [1.807, 2.05) is 13.8 Å². The zero-order chi connectivity index (χ0) is 11.7. The van der Waals surface area contributed by atoms with Crippen molar-refractivity contribution in [2.45, 2.75) is 33.1 Å². The van der Waals surface area contributed by atoms with Gasteiger partial charge in [-0.25, -0.2) is 4.79 Å². The van der Waals surface area contributed by atoms with Gasteiger partial charge in [-0.1, -0.05) is 20.3 Å². The molecule has 1 amide bonds. The zero-order valence-electron chi connectivity index (χ0n) is 9.36. The number of carbonyl (C=O) groups is 2. The van der Waals surface area contributed by atoms with Crippen LogP contribution in [0.1, 0.15) is 33.1 Å². The minimum atomic E-state index is -1.02. The lowest BCUT2D eigenvalue weighted by Gasteiger charge is -2.19. The van der Waals surface area contributed by atoms with Gasteiger partial charge in [-0.15, -0.1) is 0 Å². The molecule has 0 radical (unpaired) electrons. The molecule has 0 rings (SSSR count). The second kappa shape index (κ2) is 8.08. The van der Waals surface area contributed by atoms with Crippen LogP contribution in [0.15, 0.2) is 0 Å². The van der Waals surface area contributed by atoms with E-state index in [1.54, 1.807) is 0 Å². The summed E-state index contributed by atoms with van der Waals surface area (Å²) in [4.78, 5) is 23.1. The Morgan fingerprint density at radius 1 is 1.27 bits per heavy atom. The summed E-state index contributed by atoms with van der Waals surface area (Å²) in [6.07, 6.45) is 1.93. The van der Waals surface area contributed by atoms with Crippen molar-refractivity contribution in [3.63, 3.8) is 0 Å². The first-order chi connectivity index (χ1) is 7.11. The number of rotatable bonds is 7. The first-order valence-electron chi connectivity index (χ1n) is 5.25. The lowest BCUT2D eigenvalue weighted by Crippen LogP contribution is -2.36. The maximum Gasteiger partial charge on any atom is 0.410 e. The van der Waals surface area contributed by atoms with Gasteiger partial charge in [-0.05, 0) is 12.8 Å². The smallest absolute Gasteiger partial charge is 0.410 e. The highest BCUT2D eigenvalue weighted by atomic mass is 16.6. The second-order valence-electron chi connectivity index (χ2n) is 3.28. The van der Waals surface area contributed by atoms with Gasteiger partial charge in [0.25, 0.3) is 0 Å². The molecule has 0 aromatic rings. The standard InChI is InChI=1S/C10H19NO4/c1-3-5-7-15-10(14)11(6-4-2)8-9(12)13/h3-8H2,1-2H3,(H,12,13). The SMILES string of the molecule is CCCCOC(=O)N(CCC)CC(=O)O. The maximum absolute atomic E-state index is 11.4. The number of carboxylic acids is 1. The molecule has 0 unspecified atom stereocenters. The molecule has 0 saturated heterocycles. The summed E-state index contributed by atoms with van der Waals surface area (Å²) in [5, 5.41) is 8.58. The van der Waals surface area contributed by atoms with Gasteiger partial charge in [0, 0.05) is 6.54 Å². The first kappa shape index (κ1) is 13.7. The van der Waals surface area contributed by atoms with Crippen molar-refractivity contribution in [3.8, 4) is 0 Å². The number of hydrogen-bond acceptors (Lipinski definition) is 3. The Morgan fingerprint density at radius 3 is 2.40 bits per heavy atom. The van der Waals surface area contributed by atoms with E-state index in [-0.39, 0.29) is 6.54 Å². The Morgan fingerprint density at radius 2 is 1.93 bits per heavy atom. The number of unbranched alkanes of at least 4 members (excludes halogenated alkanes) is 1. The van der Waals surface area contributed by atoms with Crippen molar-refractivity contribution in [1.29, 1.82) is 0 Å². The molecule has 0 aromatic heterocycles. The quantitative estimate of drug-likeness (QED) is 0.659. The summed E-state index contributed by atoms with van der Waals surface area (Å²) < 4.78 is 4.92. The highest BCUT2D eigenvalue weighted by molar-refractivity contribution is 5.76. The summed E-state index contributed by atoms with van der Waals surface area (Å²) in [5.41, 5.74) is 0. The lowest BCUT2D eigenvalue weighted by molar-refractivity contribution is -0.138. The van der Waals surface area contributed by atoms with E-state index in [2.05, 4.69) is 0 Å². The van der Waals surface area contributed by atoms with Crippen LogP contribution >= 0.6 is 0 Å². The highest BCUT2D eigenvalue weighted by Crippen LogP contribution is 1.98. The molecule has 0 saturated carbocycles. The van der Waals surface area contributed by atoms with Crippen LogP contribution in [0, 0.1) is 0 Å². The summed E-state index contributed by atoms with van der Waals surface area (Å²) in [6.45, 7) is 4.36. The van der Waals surface area contributed by atoms with Gasteiger partial charge >= 0.3 is 12.1 Å². The van der Waals surface area contributed by atoms with Gasteiger partial charge in [-0.3, -0.25) is 9.69 Å². The molecule has 5 heteroatoms. The van der Waals surface area contributed by atoms with Crippen molar-refractivity contribution in [1.82, 2.24) is 4.90 Å². The molecule has 0 aliphatic rings. The Bertz CT molecular complexity index is 206. The molecule has 88 valence electrons. The number of carboxylic acid groups (broad SMARTS) is 1. The number of amides is 1. The molecule has 1 N–H and O–H groups in total. The molecule has 5 nitrogen and oxygen atoms in total. The van der Waals surface area contributed by atoms with E-state index in [0.29, 0.717) is 13.2 Å². The predicted molar refractivity (Wildman–Crippen MR) is 55.8 cm³/mol. The van der Waals surface area contributed by atoms with Crippen LogP contribution in [0.5, 0.6) is 0 Å². The first-order valence-corrected chi connectivity index (χ1v) is 5.25. The van der Waals surface area contributed by atoms with Gasteiger partial charge in [0.05, 0.1) is 6.61 Å². The molecule has 0 atom stereocenters. The van der Waals surface area contributed by atoms with Crippen LogP contribution in [-0.4, -0.2) is 41.8 Å². The fourth-order valence-electron chi connectivity index (χ4n) is 1.06. The Hall–Kier alpha value is -1.26. The van der Waals surface area contributed by atoms with E-state index in [1.165, 1.54) is 4.90 Å². The largest absolute Gasteiger partial charge is 0.480 e. The normalized spacial score (nSPS) is 9.73. The summed E-state index contributed by atoms with van der Waals surface area (Å²) in [6, 6.07) is 0. The molecule has 0 heterocycles. The molecule has 0 aliphatic heterocycles. The molecular formula is C10H19NO4. The van der Waals surface area contributed by atoms with E-state index in [0.717, 1.165) is 19.3 Å². The Kier molecular flexibility index (Phi) is 7.40. The Labute approximate surface area is 90.0 Å². The number of nitrogens with zero attached hydrogens (tertiary/aromatic N) is 1. The van der Waals surface area contributed by atoms with Crippen LogP contribution in [0.3, 0.4) is 0 Å². The summed E-state index contributed by atoms with van der Waals surface area (Å²) >= 11 is 0. The predicted octanol–water partition coefficient (Wildman–Crippen LogP) is 1.72. The molecule has 0 fully saturated rings. The number of carbonyl (C=O) groups excluding carboxylic acids is 1. The van der Waals surface area contributed by atoms with Crippen LogP contribution in [0.2, 0.25) is 0 Å². The maximum atomic E-state index is 11.4. The van der Waals surface area contributed by atoms with Gasteiger partial charge in [0.1, 0.15) is 6.54 Å². The Balaban J connectivity index is 3.98. The van der Waals surface area contributed by atoms with Crippen molar-refractivity contribution >= 4 is 12.1 Å². The van der Waals surface area contributed by atoms with E-state index >= 15 is 0 Å². The van der Waals surface area contributed by atoms with Gasteiger partial charge in [0.15, 0.2) is 0 Å². The second-order valence-corrected chi connectivity index (χ2v) is 3.28. The van der Waals surface area contributed by atoms with Gasteiger partial charge in [-0.2, -0.15) is 0 Å². The van der Waals surface area contributed by atoms with Gasteiger partial charge in [0.2, 0.25) is 0 Å². The van der Waals surface area contributed by atoms with E-state index < -0.39 is 12.1 Å². The van der Waals surface area contributed by atoms with Crippen LogP contribution < -0.4 is 0 Å². The minimum absolute atomic E-state index is 0.293. The van der Waals surface area contributed by atoms with Crippen LogP contribution in [0.25, 0.3) is 0 Å². The average molecular weight is 217 g/mol. The molecular weight excluding hydrogens is 198 g/mol. The average Bonchev–Trinajstić information content (AvgIpc) is 2.17. The lowest BCUT2D eigenvalue weighted by atomic mass is 10.4. The highest BCUT2D eigenvalue weighted by Gasteiger charge is 2.16. The topological polar surface area (TPSA) is 66.8 Å². The van der Waals surface area contributed by atoms with Gasteiger partial charge < -0.3 is 9.84 Å². The number of ether oxygens (including phenoxy) is 1. The van der Waals surface area contributed by atoms with Crippen molar-refractivity contribution in [2.24, 2.45) is 0 Å². The summed E-state index contributed by atoms with van der Waals surface area (Å²) in [7, 11) is 0. The number of aliphatic carboxylic acids is 1. The fourth-order valence-corrected chi connectivity index (χ4v) is 1.06. The molecule has 0 aromatic carbocycles. The molecule has 0 aliphatic carbocycles. The third-order valence-electron chi connectivity index (χ3n) is 1.80. The molecule has 0 bridgehead atoms. The van der Waals surface area contributed by atoms with Crippen molar-refractivity contribution in [2.75, 3.05) is 19.7 Å². The van der Waals surface area contributed by atoms with Crippen molar-refractivity contribution in [3.05, 3.63) is 0 Å². The molecule has 15 heavy (non-hydrogen) atoms. The third-order valence-corrected chi connectivity index (χ3v) is 1.80. The minimum Gasteiger partial charge on any atom is -0.480 e.